The topological polar surface area (TPSA) is 68.4 Å². The Balaban J connectivity index is 1.36. The maximum Gasteiger partial charge on any atom is 0.255 e. The first-order valence-corrected chi connectivity index (χ1v) is 8.55. The van der Waals surface area contributed by atoms with Gasteiger partial charge in [0.25, 0.3) is 5.91 Å². The van der Waals surface area contributed by atoms with Crippen molar-refractivity contribution in [1.82, 2.24) is 20.1 Å². The van der Waals surface area contributed by atoms with Gasteiger partial charge in [-0.3, -0.25) is 14.5 Å². The van der Waals surface area contributed by atoms with E-state index in [2.05, 4.69) is 15.2 Å². The molecule has 1 aliphatic carbocycles. The number of likely N-dealkylation sites (tertiary alicyclic amines) is 2. The van der Waals surface area contributed by atoms with Crippen LogP contribution in [0.25, 0.3) is 0 Å². The molecule has 2 saturated heterocycles. The summed E-state index contributed by atoms with van der Waals surface area (Å²) in [6.45, 7) is 2.31. The number of H-pyrrole nitrogens is 1. The molecule has 23 heavy (non-hydrogen) atoms. The highest BCUT2D eigenvalue weighted by Crippen LogP contribution is 2.35. The van der Waals surface area contributed by atoms with Crippen molar-refractivity contribution in [3.8, 4) is 0 Å². The van der Waals surface area contributed by atoms with Gasteiger partial charge in [-0.05, 0) is 44.2 Å². The van der Waals surface area contributed by atoms with Crippen molar-refractivity contribution in [1.29, 1.82) is 0 Å². The molecule has 1 saturated carbocycles. The van der Waals surface area contributed by atoms with Crippen LogP contribution in [0.1, 0.15) is 29.6 Å². The number of fused-ring (bicyclic) bond motifs is 1. The number of rotatable bonds is 4. The fourth-order valence-electron chi connectivity index (χ4n) is 4.01. The molecule has 2 amide bonds. The van der Waals surface area contributed by atoms with Crippen molar-refractivity contribution in [3.63, 3.8) is 0 Å². The van der Waals surface area contributed by atoms with Crippen LogP contribution in [0, 0.1) is 11.8 Å². The lowest BCUT2D eigenvalue weighted by molar-refractivity contribution is -0.125. The second-order valence-corrected chi connectivity index (χ2v) is 7.24. The van der Waals surface area contributed by atoms with Crippen LogP contribution in [0.4, 0.5) is 0 Å². The molecular formula is C17H24N4O2. The lowest BCUT2D eigenvalue weighted by Gasteiger charge is -2.26. The lowest BCUT2D eigenvalue weighted by Crippen LogP contribution is -2.46. The number of amides is 2. The summed E-state index contributed by atoms with van der Waals surface area (Å²) in [4.78, 5) is 31.9. The smallest absolute Gasteiger partial charge is 0.255 e. The van der Waals surface area contributed by atoms with Crippen LogP contribution in [0.5, 0.6) is 0 Å². The van der Waals surface area contributed by atoms with Crippen LogP contribution >= 0.6 is 0 Å². The third kappa shape index (κ3) is 2.76. The number of aromatic amines is 1. The first-order chi connectivity index (χ1) is 11.1. The minimum Gasteiger partial charge on any atom is -0.367 e. The lowest BCUT2D eigenvalue weighted by atomic mass is 10.0. The van der Waals surface area contributed by atoms with Gasteiger partial charge >= 0.3 is 0 Å². The molecule has 124 valence electrons. The summed E-state index contributed by atoms with van der Waals surface area (Å²) in [5.41, 5.74) is 0.714. The van der Waals surface area contributed by atoms with Crippen LogP contribution in [0.3, 0.4) is 0 Å². The van der Waals surface area contributed by atoms with Crippen LogP contribution in [-0.4, -0.2) is 65.4 Å². The molecule has 0 bridgehead atoms. The average molecular weight is 316 g/mol. The highest BCUT2D eigenvalue weighted by atomic mass is 16.2. The third-order valence-corrected chi connectivity index (χ3v) is 5.64. The zero-order valence-electron chi connectivity index (χ0n) is 13.5. The van der Waals surface area contributed by atoms with Crippen LogP contribution in [0.15, 0.2) is 18.5 Å². The number of hydrogen-bond acceptors (Lipinski definition) is 3. The monoisotopic (exact) mass is 316 g/mol. The van der Waals surface area contributed by atoms with Gasteiger partial charge in [0.2, 0.25) is 5.91 Å². The number of hydrogen-bond donors (Lipinski definition) is 2. The third-order valence-electron chi connectivity index (χ3n) is 5.64. The van der Waals surface area contributed by atoms with Gasteiger partial charge in [0.15, 0.2) is 0 Å². The van der Waals surface area contributed by atoms with Gasteiger partial charge in [0.1, 0.15) is 0 Å². The zero-order chi connectivity index (χ0) is 16.0. The molecule has 0 radical (unpaired) electrons. The quantitative estimate of drug-likeness (QED) is 0.858. The maximum absolute atomic E-state index is 12.5. The predicted molar refractivity (Wildman–Crippen MR) is 85.9 cm³/mol. The summed E-state index contributed by atoms with van der Waals surface area (Å²) in [6.07, 6.45) is 6.88. The van der Waals surface area contributed by atoms with E-state index < -0.39 is 0 Å². The van der Waals surface area contributed by atoms with Crippen LogP contribution in [-0.2, 0) is 4.79 Å². The van der Waals surface area contributed by atoms with Crippen LogP contribution < -0.4 is 5.32 Å². The standard InChI is InChI=1S/C17H24N4O2/c1-20-14(16(22)19-7-11-2-3-11)6-13-9-21(10-15(13)20)17(23)12-4-5-18-8-12/h4-5,8,11,13-15,18H,2-3,6-7,9-10H2,1H3,(H,19,22)/t13-,14-,15+/m0/s1. The molecule has 1 aromatic heterocycles. The van der Waals surface area contributed by atoms with Crippen molar-refractivity contribution in [3.05, 3.63) is 24.0 Å². The minimum absolute atomic E-state index is 0.0340. The van der Waals surface area contributed by atoms with Gasteiger partial charge in [-0.2, -0.15) is 0 Å². The molecule has 0 aromatic carbocycles. The van der Waals surface area contributed by atoms with Gasteiger partial charge in [-0.15, -0.1) is 0 Å². The van der Waals surface area contributed by atoms with Gasteiger partial charge in [-0.1, -0.05) is 0 Å². The molecule has 0 spiro atoms. The van der Waals surface area contributed by atoms with Crippen molar-refractivity contribution in [2.24, 2.45) is 11.8 Å². The summed E-state index contributed by atoms with van der Waals surface area (Å²) in [6, 6.07) is 2.08. The number of aromatic nitrogens is 1. The average Bonchev–Trinajstić information content (AvgIpc) is 2.97. The molecule has 2 aliphatic heterocycles. The fraction of sp³-hybridized carbons (Fsp3) is 0.647. The summed E-state index contributed by atoms with van der Waals surface area (Å²) < 4.78 is 0. The second kappa shape index (κ2) is 5.67. The largest absolute Gasteiger partial charge is 0.367 e. The van der Waals surface area contributed by atoms with Crippen molar-refractivity contribution in [2.45, 2.75) is 31.3 Å². The molecule has 4 rings (SSSR count). The Morgan fingerprint density at radius 3 is 2.83 bits per heavy atom. The molecule has 1 aromatic rings. The van der Waals surface area contributed by atoms with Crippen LogP contribution in [0.2, 0.25) is 0 Å². The molecule has 6 heteroatoms. The van der Waals surface area contributed by atoms with E-state index in [0.29, 0.717) is 23.4 Å². The zero-order valence-corrected chi connectivity index (χ0v) is 13.5. The molecule has 6 nitrogen and oxygen atoms in total. The highest BCUT2D eigenvalue weighted by Gasteiger charge is 2.48. The number of nitrogens with zero attached hydrogens (tertiary/aromatic N) is 2. The number of carbonyl (C=O) groups excluding carboxylic acids is 2. The first kappa shape index (κ1) is 14.8. The molecule has 3 heterocycles. The maximum atomic E-state index is 12.5. The Bertz CT molecular complexity index is 596. The Labute approximate surface area is 136 Å². The predicted octanol–water partition coefficient (Wildman–Crippen LogP) is 0.686. The normalized spacial score (nSPS) is 30.5. The molecule has 3 fully saturated rings. The minimum atomic E-state index is -0.0340. The van der Waals surface area contributed by atoms with Gasteiger partial charge < -0.3 is 15.2 Å². The van der Waals surface area contributed by atoms with E-state index in [1.165, 1.54) is 12.8 Å². The van der Waals surface area contributed by atoms with E-state index >= 15 is 0 Å². The van der Waals surface area contributed by atoms with E-state index in [1.54, 1.807) is 12.4 Å². The number of carbonyl (C=O) groups is 2. The first-order valence-electron chi connectivity index (χ1n) is 8.55. The summed E-state index contributed by atoms with van der Waals surface area (Å²) >= 11 is 0. The summed E-state index contributed by atoms with van der Waals surface area (Å²) in [7, 11) is 2.02. The van der Waals surface area contributed by atoms with E-state index in [-0.39, 0.29) is 17.9 Å². The van der Waals surface area contributed by atoms with Gasteiger partial charge in [-0.25, -0.2) is 0 Å². The van der Waals surface area contributed by atoms with Crippen molar-refractivity contribution >= 4 is 11.8 Å². The SMILES string of the molecule is CN1[C@@H]2CN(C(=O)c3cc[nH]c3)C[C@@H]2C[C@H]1C(=O)NCC1CC1. The van der Waals surface area contributed by atoms with E-state index in [1.807, 2.05) is 18.0 Å². The number of nitrogens with one attached hydrogen (secondary N) is 2. The Morgan fingerprint density at radius 1 is 1.35 bits per heavy atom. The summed E-state index contributed by atoms with van der Waals surface area (Å²) in [5.74, 6) is 1.36. The Morgan fingerprint density at radius 2 is 2.17 bits per heavy atom. The van der Waals surface area contributed by atoms with Crippen molar-refractivity contribution < 1.29 is 9.59 Å². The molecule has 0 unspecified atom stereocenters. The highest BCUT2D eigenvalue weighted by molar-refractivity contribution is 5.94. The molecule has 3 atom stereocenters. The van der Waals surface area contributed by atoms with E-state index in [0.717, 1.165) is 26.1 Å². The molecule has 2 N–H and O–H groups in total. The second-order valence-electron chi connectivity index (χ2n) is 7.24. The van der Waals surface area contributed by atoms with E-state index in [4.69, 9.17) is 0 Å². The van der Waals surface area contributed by atoms with E-state index in [9.17, 15) is 9.59 Å². The summed E-state index contributed by atoms with van der Waals surface area (Å²) in [5, 5.41) is 3.10. The Kier molecular flexibility index (Phi) is 3.64. The Hall–Kier alpha value is -1.82. The number of likely N-dealkylation sites (N-methyl/N-ethyl adjacent to an activating group) is 1. The molecule has 3 aliphatic rings. The molecular weight excluding hydrogens is 292 g/mol. The van der Waals surface area contributed by atoms with Crippen molar-refractivity contribution in [2.75, 3.05) is 26.7 Å². The van der Waals surface area contributed by atoms with Gasteiger partial charge in [0.05, 0.1) is 11.6 Å². The van der Waals surface area contributed by atoms with Gasteiger partial charge in [0, 0.05) is 38.1 Å². The fourth-order valence-corrected chi connectivity index (χ4v) is 4.01.